The average Bonchev–Trinajstić information content (AvgIpc) is 1.99. The van der Waals surface area contributed by atoms with E-state index < -0.39 is 17.6 Å². The SMILES string of the molecule is N#CC1CC(O)(CC(N)C(=O)O)C1. The van der Waals surface area contributed by atoms with Crippen LogP contribution in [-0.4, -0.2) is 27.8 Å². The van der Waals surface area contributed by atoms with Crippen LogP contribution in [0, 0.1) is 17.2 Å². The van der Waals surface area contributed by atoms with Gasteiger partial charge in [0.05, 0.1) is 17.6 Å². The number of nitriles is 1. The molecule has 0 amide bonds. The summed E-state index contributed by atoms with van der Waals surface area (Å²) in [7, 11) is 0. The maximum atomic E-state index is 10.4. The lowest BCUT2D eigenvalue weighted by molar-refractivity contribution is -0.142. The number of hydrogen-bond acceptors (Lipinski definition) is 4. The predicted molar refractivity (Wildman–Crippen MR) is 43.5 cm³/mol. The Morgan fingerprint density at radius 2 is 2.31 bits per heavy atom. The summed E-state index contributed by atoms with van der Waals surface area (Å²) in [6, 6.07) is 0.973. The van der Waals surface area contributed by atoms with E-state index >= 15 is 0 Å². The largest absolute Gasteiger partial charge is 0.480 e. The van der Waals surface area contributed by atoms with Crippen molar-refractivity contribution in [2.75, 3.05) is 0 Å². The van der Waals surface area contributed by atoms with Crippen LogP contribution in [0.1, 0.15) is 19.3 Å². The van der Waals surface area contributed by atoms with Gasteiger partial charge >= 0.3 is 5.97 Å². The molecule has 0 aliphatic heterocycles. The van der Waals surface area contributed by atoms with Gasteiger partial charge in [-0.1, -0.05) is 0 Å². The van der Waals surface area contributed by atoms with Crippen molar-refractivity contribution in [2.45, 2.75) is 30.9 Å². The standard InChI is InChI=1S/C8H12N2O3/c9-4-5-1-8(13,2-5)3-6(10)7(11)12/h5-6,13H,1-3,10H2,(H,11,12). The van der Waals surface area contributed by atoms with Gasteiger partial charge < -0.3 is 15.9 Å². The number of nitrogens with zero attached hydrogens (tertiary/aromatic N) is 1. The van der Waals surface area contributed by atoms with Gasteiger partial charge in [-0.15, -0.1) is 0 Å². The second-order valence-corrected chi connectivity index (χ2v) is 3.61. The molecule has 0 spiro atoms. The highest BCUT2D eigenvalue weighted by atomic mass is 16.4. The van der Waals surface area contributed by atoms with Gasteiger partial charge in [-0.2, -0.15) is 5.26 Å². The highest BCUT2D eigenvalue weighted by molar-refractivity contribution is 5.73. The van der Waals surface area contributed by atoms with Crippen LogP contribution in [0.3, 0.4) is 0 Å². The van der Waals surface area contributed by atoms with Crippen molar-refractivity contribution in [1.82, 2.24) is 0 Å². The monoisotopic (exact) mass is 184 g/mol. The Bertz CT molecular complexity index is 253. The van der Waals surface area contributed by atoms with Gasteiger partial charge in [0.25, 0.3) is 0 Å². The molecular formula is C8H12N2O3. The Morgan fingerprint density at radius 1 is 1.77 bits per heavy atom. The number of rotatable bonds is 3. The molecule has 0 saturated heterocycles. The maximum absolute atomic E-state index is 10.4. The molecule has 0 aromatic heterocycles. The summed E-state index contributed by atoms with van der Waals surface area (Å²) < 4.78 is 0. The van der Waals surface area contributed by atoms with Crippen molar-refractivity contribution in [2.24, 2.45) is 11.7 Å². The minimum atomic E-state index is -1.12. The average molecular weight is 184 g/mol. The first kappa shape index (κ1) is 9.96. The Kier molecular flexibility index (Phi) is 2.55. The van der Waals surface area contributed by atoms with E-state index in [-0.39, 0.29) is 12.3 Å². The number of aliphatic carboxylic acids is 1. The normalized spacial score (nSPS) is 34.4. The van der Waals surface area contributed by atoms with Crippen molar-refractivity contribution in [3.63, 3.8) is 0 Å². The van der Waals surface area contributed by atoms with Crippen molar-refractivity contribution >= 4 is 5.97 Å². The van der Waals surface area contributed by atoms with Crippen LogP contribution in [0.25, 0.3) is 0 Å². The van der Waals surface area contributed by atoms with Gasteiger partial charge in [-0.3, -0.25) is 4.79 Å². The summed E-state index contributed by atoms with van der Waals surface area (Å²) in [5, 5.41) is 26.6. The lowest BCUT2D eigenvalue weighted by atomic mass is 9.69. The molecule has 0 bridgehead atoms. The minimum absolute atomic E-state index is 0.0283. The van der Waals surface area contributed by atoms with Crippen LogP contribution >= 0.6 is 0 Å². The highest BCUT2D eigenvalue weighted by Crippen LogP contribution is 2.40. The fourth-order valence-electron chi connectivity index (χ4n) is 1.61. The summed E-state index contributed by atoms with van der Waals surface area (Å²) in [5.74, 6) is -1.26. The smallest absolute Gasteiger partial charge is 0.320 e. The molecular weight excluding hydrogens is 172 g/mol. The zero-order valence-electron chi connectivity index (χ0n) is 7.10. The quantitative estimate of drug-likeness (QED) is 0.545. The lowest BCUT2D eigenvalue weighted by Crippen LogP contribution is -2.49. The molecule has 72 valence electrons. The maximum Gasteiger partial charge on any atom is 0.320 e. The van der Waals surface area contributed by atoms with Crippen LogP contribution < -0.4 is 5.73 Å². The second-order valence-electron chi connectivity index (χ2n) is 3.61. The zero-order valence-corrected chi connectivity index (χ0v) is 7.10. The number of nitrogens with two attached hydrogens (primary N) is 1. The van der Waals surface area contributed by atoms with Crippen LogP contribution in [0.15, 0.2) is 0 Å². The zero-order chi connectivity index (χ0) is 10.1. The molecule has 0 aromatic carbocycles. The molecule has 1 aliphatic carbocycles. The van der Waals surface area contributed by atoms with Gasteiger partial charge in [-0.25, -0.2) is 0 Å². The van der Waals surface area contributed by atoms with E-state index in [1.54, 1.807) is 0 Å². The highest BCUT2D eigenvalue weighted by Gasteiger charge is 2.44. The molecule has 1 atom stereocenters. The first-order chi connectivity index (χ1) is 5.97. The predicted octanol–water partition coefficient (Wildman–Crippen LogP) is -0.547. The molecule has 1 aliphatic rings. The molecule has 5 nitrogen and oxygen atoms in total. The van der Waals surface area contributed by atoms with Crippen LogP contribution in [0.5, 0.6) is 0 Å². The van der Waals surface area contributed by atoms with Crippen molar-refractivity contribution in [1.29, 1.82) is 5.26 Å². The molecule has 4 N–H and O–H groups in total. The molecule has 1 fully saturated rings. The minimum Gasteiger partial charge on any atom is -0.480 e. The Balaban J connectivity index is 2.39. The van der Waals surface area contributed by atoms with Gasteiger partial charge in [0, 0.05) is 6.42 Å². The van der Waals surface area contributed by atoms with Gasteiger partial charge in [-0.05, 0) is 12.8 Å². The molecule has 13 heavy (non-hydrogen) atoms. The molecule has 0 radical (unpaired) electrons. The van der Waals surface area contributed by atoms with Crippen LogP contribution in [0.2, 0.25) is 0 Å². The Hall–Kier alpha value is -1.12. The topological polar surface area (TPSA) is 107 Å². The number of hydrogen-bond donors (Lipinski definition) is 3. The molecule has 0 heterocycles. The van der Waals surface area contributed by atoms with Crippen molar-refractivity contribution in [3.05, 3.63) is 0 Å². The third-order valence-corrected chi connectivity index (χ3v) is 2.35. The lowest BCUT2D eigenvalue weighted by Gasteiger charge is -2.41. The van der Waals surface area contributed by atoms with Gasteiger partial charge in [0.1, 0.15) is 6.04 Å². The summed E-state index contributed by atoms with van der Waals surface area (Å²) in [6.45, 7) is 0. The molecule has 1 saturated carbocycles. The van der Waals surface area contributed by atoms with E-state index in [1.165, 1.54) is 0 Å². The first-order valence-corrected chi connectivity index (χ1v) is 4.07. The summed E-state index contributed by atoms with van der Waals surface area (Å²) >= 11 is 0. The van der Waals surface area contributed by atoms with Crippen LogP contribution in [0.4, 0.5) is 0 Å². The van der Waals surface area contributed by atoms with Gasteiger partial charge in [0.15, 0.2) is 0 Å². The fourth-order valence-corrected chi connectivity index (χ4v) is 1.61. The van der Waals surface area contributed by atoms with Crippen molar-refractivity contribution < 1.29 is 15.0 Å². The number of aliphatic hydroxyl groups is 1. The molecule has 5 heteroatoms. The van der Waals surface area contributed by atoms with E-state index in [9.17, 15) is 9.90 Å². The summed E-state index contributed by atoms with van der Waals surface area (Å²) in [4.78, 5) is 10.4. The number of carboxylic acid groups (broad SMARTS) is 1. The van der Waals surface area contributed by atoms with E-state index in [0.29, 0.717) is 12.8 Å². The second kappa shape index (κ2) is 3.32. The molecule has 0 aromatic rings. The Morgan fingerprint density at radius 3 is 2.69 bits per heavy atom. The van der Waals surface area contributed by atoms with Crippen LogP contribution in [-0.2, 0) is 4.79 Å². The molecule has 1 unspecified atom stereocenters. The van der Waals surface area contributed by atoms with Crippen molar-refractivity contribution in [3.8, 4) is 6.07 Å². The van der Waals surface area contributed by atoms with E-state index in [0.717, 1.165) is 0 Å². The Labute approximate surface area is 75.8 Å². The third-order valence-electron chi connectivity index (χ3n) is 2.35. The van der Waals surface area contributed by atoms with E-state index in [4.69, 9.17) is 16.1 Å². The summed E-state index contributed by atoms with van der Waals surface area (Å²) in [5.41, 5.74) is 4.23. The number of carbonyl (C=O) groups is 1. The summed E-state index contributed by atoms with van der Waals surface area (Å²) in [6.07, 6.45) is 0.704. The third kappa shape index (κ3) is 2.17. The first-order valence-electron chi connectivity index (χ1n) is 4.07. The fraction of sp³-hybridized carbons (Fsp3) is 0.750. The van der Waals surface area contributed by atoms with Gasteiger partial charge in [0.2, 0.25) is 0 Å². The molecule has 1 rings (SSSR count). The number of carboxylic acids is 1. The van der Waals surface area contributed by atoms with E-state index in [1.807, 2.05) is 6.07 Å². The van der Waals surface area contributed by atoms with E-state index in [2.05, 4.69) is 0 Å².